The van der Waals surface area contributed by atoms with Crippen molar-refractivity contribution in [3.63, 3.8) is 0 Å². The third kappa shape index (κ3) is 4.89. The van der Waals surface area contributed by atoms with Crippen LogP contribution in [0.15, 0.2) is 36.4 Å². The Hall–Kier alpha value is -2.14. The zero-order valence-electron chi connectivity index (χ0n) is 17.0. The summed E-state index contributed by atoms with van der Waals surface area (Å²) >= 11 is 0. The maximum absolute atomic E-state index is 13.9. The summed E-state index contributed by atoms with van der Waals surface area (Å²) in [6, 6.07) is 8.78. The molecule has 1 aliphatic rings. The Morgan fingerprint density at radius 1 is 1.14 bits per heavy atom. The van der Waals surface area contributed by atoms with E-state index in [0.717, 1.165) is 31.4 Å². The number of rotatable bonds is 6. The molecule has 2 atom stereocenters. The molecule has 0 spiro atoms. The van der Waals surface area contributed by atoms with E-state index in [1.165, 1.54) is 49.3 Å². The third-order valence-corrected chi connectivity index (χ3v) is 5.54. The summed E-state index contributed by atoms with van der Waals surface area (Å²) in [5.74, 6) is -2.23. The summed E-state index contributed by atoms with van der Waals surface area (Å²) in [6.45, 7) is 6.06. The maximum atomic E-state index is 13.9. The Morgan fingerprint density at radius 2 is 1.83 bits per heavy atom. The molecule has 1 N–H and O–H groups in total. The monoisotopic (exact) mass is 405 g/mol. The number of aryl methyl sites for hydroxylation is 3. The summed E-state index contributed by atoms with van der Waals surface area (Å²) in [5, 5.41) is 3.52. The number of alkyl halides is 3. The number of halogens is 4. The fourth-order valence-electron chi connectivity index (χ4n) is 4.05. The lowest BCUT2D eigenvalue weighted by atomic mass is 9.93. The molecule has 0 aromatic heterocycles. The fourth-order valence-corrected chi connectivity index (χ4v) is 4.05. The number of nitrogens with one attached hydrogen (secondary N) is 1. The van der Waals surface area contributed by atoms with Crippen LogP contribution in [0.3, 0.4) is 0 Å². The van der Waals surface area contributed by atoms with E-state index in [1.54, 1.807) is 0 Å². The van der Waals surface area contributed by atoms with E-state index in [9.17, 15) is 17.6 Å². The van der Waals surface area contributed by atoms with Crippen LogP contribution in [0.2, 0.25) is 0 Å². The molecule has 2 aromatic carbocycles. The van der Waals surface area contributed by atoms with Crippen LogP contribution in [0.5, 0.6) is 0 Å². The van der Waals surface area contributed by atoms with Crippen molar-refractivity contribution < 1.29 is 17.6 Å². The zero-order chi connectivity index (χ0) is 21.2. The highest BCUT2D eigenvalue weighted by Crippen LogP contribution is 2.38. The van der Waals surface area contributed by atoms with E-state index in [4.69, 9.17) is 0 Å². The first-order chi connectivity index (χ1) is 13.7. The SMILES string of the molecule is CCCNC1CCc2cc(/C=C/C(c3cc(C)c(F)c(C)c3)C(F)(F)F)ccc21. The van der Waals surface area contributed by atoms with Gasteiger partial charge < -0.3 is 5.32 Å². The lowest BCUT2D eigenvalue weighted by Crippen LogP contribution is -2.19. The Labute approximate surface area is 169 Å². The number of benzene rings is 2. The predicted octanol–water partition coefficient (Wildman–Crippen LogP) is 6.79. The van der Waals surface area contributed by atoms with Gasteiger partial charge in [0, 0.05) is 6.04 Å². The highest BCUT2D eigenvalue weighted by Gasteiger charge is 2.39. The van der Waals surface area contributed by atoms with Gasteiger partial charge in [0.05, 0.1) is 5.92 Å². The molecule has 0 heterocycles. The molecule has 0 aliphatic heterocycles. The summed E-state index contributed by atoms with van der Waals surface area (Å²) in [4.78, 5) is 0. The minimum absolute atomic E-state index is 0.0649. The molecule has 156 valence electrons. The van der Waals surface area contributed by atoms with Gasteiger partial charge in [-0.15, -0.1) is 0 Å². The van der Waals surface area contributed by atoms with Gasteiger partial charge in [-0.25, -0.2) is 4.39 Å². The Bertz CT molecular complexity index is 875. The first-order valence-electron chi connectivity index (χ1n) is 10.1. The molecule has 1 nitrogen and oxygen atoms in total. The number of allylic oxidation sites excluding steroid dienone is 1. The average molecular weight is 405 g/mol. The van der Waals surface area contributed by atoms with Gasteiger partial charge >= 0.3 is 6.18 Å². The Balaban J connectivity index is 1.86. The molecule has 29 heavy (non-hydrogen) atoms. The quantitative estimate of drug-likeness (QED) is 0.522. The van der Waals surface area contributed by atoms with E-state index in [0.29, 0.717) is 6.04 Å². The first-order valence-corrected chi connectivity index (χ1v) is 10.1. The molecule has 1 aliphatic carbocycles. The van der Waals surface area contributed by atoms with Crippen molar-refractivity contribution in [2.75, 3.05) is 6.54 Å². The molecular weight excluding hydrogens is 378 g/mol. The van der Waals surface area contributed by atoms with Crippen molar-refractivity contribution in [3.05, 3.63) is 75.6 Å². The summed E-state index contributed by atoms with van der Waals surface area (Å²) < 4.78 is 55.0. The molecule has 3 rings (SSSR count). The van der Waals surface area contributed by atoms with E-state index in [2.05, 4.69) is 12.2 Å². The normalized spacial score (nSPS) is 17.7. The standard InChI is InChI=1S/C24H27F4N/c1-4-11-29-22-10-7-18-14-17(5-8-20(18)22)6-9-21(24(26,27)28)19-12-15(2)23(25)16(3)13-19/h5-6,8-9,12-14,21-22,29H,4,7,10-11H2,1-3H3/b9-6+. The van der Waals surface area contributed by atoms with Crippen molar-refractivity contribution in [3.8, 4) is 0 Å². The number of hydrogen-bond donors (Lipinski definition) is 1. The van der Waals surface area contributed by atoms with Gasteiger partial charge in [0.1, 0.15) is 5.82 Å². The minimum atomic E-state index is -4.45. The van der Waals surface area contributed by atoms with E-state index in [-0.39, 0.29) is 16.7 Å². The summed E-state index contributed by atoms with van der Waals surface area (Å²) in [6.07, 6.45) is 1.26. The molecule has 0 bridgehead atoms. The number of hydrogen-bond acceptors (Lipinski definition) is 1. The molecule has 0 saturated carbocycles. The lowest BCUT2D eigenvalue weighted by Gasteiger charge is -2.19. The molecule has 2 aromatic rings. The second-order valence-corrected chi connectivity index (χ2v) is 7.85. The first kappa shape index (κ1) is 21.6. The van der Waals surface area contributed by atoms with E-state index < -0.39 is 17.9 Å². The highest BCUT2D eigenvalue weighted by atomic mass is 19.4. The van der Waals surface area contributed by atoms with E-state index >= 15 is 0 Å². The lowest BCUT2D eigenvalue weighted by molar-refractivity contribution is -0.139. The molecule has 0 saturated heterocycles. The number of fused-ring (bicyclic) bond motifs is 1. The van der Waals surface area contributed by atoms with Crippen LogP contribution in [-0.2, 0) is 6.42 Å². The zero-order valence-corrected chi connectivity index (χ0v) is 17.0. The van der Waals surface area contributed by atoms with Crippen LogP contribution >= 0.6 is 0 Å². The van der Waals surface area contributed by atoms with Gasteiger partial charge in [0.15, 0.2) is 0 Å². The van der Waals surface area contributed by atoms with Crippen molar-refractivity contribution in [1.82, 2.24) is 5.32 Å². The highest BCUT2D eigenvalue weighted by molar-refractivity contribution is 5.55. The summed E-state index contributed by atoms with van der Waals surface area (Å²) in [7, 11) is 0. The van der Waals surface area contributed by atoms with Crippen LogP contribution in [0.25, 0.3) is 6.08 Å². The Morgan fingerprint density at radius 3 is 2.45 bits per heavy atom. The van der Waals surface area contributed by atoms with Crippen LogP contribution in [0, 0.1) is 19.7 Å². The van der Waals surface area contributed by atoms with Gasteiger partial charge in [0.25, 0.3) is 0 Å². The second-order valence-electron chi connectivity index (χ2n) is 7.85. The predicted molar refractivity (Wildman–Crippen MR) is 110 cm³/mol. The van der Waals surface area contributed by atoms with E-state index in [1.807, 2.05) is 18.2 Å². The minimum Gasteiger partial charge on any atom is -0.310 e. The largest absolute Gasteiger partial charge is 0.399 e. The van der Waals surface area contributed by atoms with Crippen LogP contribution < -0.4 is 5.32 Å². The molecule has 0 fully saturated rings. The van der Waals surface area contributed by atoms with Crippen molar-refractivity contribution in [2.24, 2.45) is 0 Å². The van der Waals surface area contributed by atoms with Gasteiger partial charge in [-0.05, 0) is 73.0 Å². The topological polar surface area (TPSA) is 12.0 Å². The average Bonchev–Trinajstić information content (AvgIpc) is 3.05. The molecule has 0 amide bonds. The van der Waals surface area contributed by atoms with Crippen molar-refractivity contribution >= 4 is 6.08 Å². The van der Waals surface area contributed by atoms with Gasteiger partial charge in [0.2, 0.25) is 0 Å². The molecule has 2 unspecified atom stereocenters. The smallest absolute Gasteiger partial charge is 0.310 e. The third-order valence-electron chi connectivity index (χ3n) is 5.54. The van der Waals surface area contributed by atoms with Gasteiger partial charge in [-0.3, -0.25) is 0 Å². The van der Waals surface area contributed by atoms with Crippen LogP contribution in [-0.4, -0.2) is 12.7 Å². The van der Waals surface area contributed by atoms with Crippen LogP contribution in [0.1, 0.15) is 65.1 Å². The van der Waals surface area contributed by atoms with Gasteiger partial charge in [-0.1, -0.05) is 49.4 Å². The van der Waals surface area contributed by atoms with Crippen LogP contribution in [0.4, 0.5) is 17.6 Å². The fraction of sp³-hybridized carbons (Fsp3) is 0.417. The Kier molecular flexibility index (Phi) is 6.47. The van der Waals surface area contributed by atoms with Crippen molar-refractivity contribution in [1.29, 1.82) is 0 Å². The van der Waals surface area contributed by atoms with Gasteiger partial charge in [-0.2, -0.15) is 13.2 Å². The molecular formula is C24H27F4N. The van der Waals surface area contributed by atoms with Crippen molar-refractivity contribution in [2.45, 2.75) is 58.2 Å². The molecule has 0 radical (unpaired) electrons. The molecule has 5 heteroatoms. The second kappa shape index (κ2) is 8.70. The summed E-state index contributed by atoms with van der Waals surface area (Å²) in [5.41, 5.74) is 3.71. The maximum Gasteiger partial charge on any atom is 0.399 e.